The molecule has 0 radical (unpaired) electrons. The molecule has 0 spiro atoms. The van der Waals surface area contributed by atoms with Crippen molar-refractivity contribution in [2.75, 3.05) is 0 Å². The van der Waals surface area contributed by atoms with E-state index in [0.717, 1.165) is 5.56 Å². The molecule has 0 saturated heterocycles. The first-order valence-electron chi connectivity index (χ1n) is 13.8. The SMILES string of the molecule is CC#Cc1ccc([Si](C)(C)CCCCCC)cc1.CCCCCC[Si](C)(C)c1ccc(C)cc1. The molecule has 2 aromatic carbocycles. The molecule has 0 saturated carbocycles. The van der Waals surface area contributed by atoms with Crippen LogP contribution in [0.3, 0.4) is 0 Å². The highest BCUT2D eigenvalue weighted by Gasteiger charge is 2.23. The number of unbranched alkanes of at least 4 members (excludes halogenated alkanes) is 6. The first kappa shape index (κ1) is 30.5. The highest BCUT2D eigenvalue weighted by atomic mass is 28.3. The average molecular weight is 493 g/mol. The fraction of sp³-hybridized carbons (Fsp3) is 0.562. The van der Waals surface area contributed by atoms with Gasteiger partial charge in [0.2, 0.25) is 0 Å². The van der Waals surface area contributed by atoms with E-state index in [1.54, 1.807) is 10.4 Å². The van der Waals surface area contributed by atoms with Gasteiger partial charge in [0.1, 0.15) is 0 Å². The lowest BCUT2D eigenvalue weighted by Gasteiger charge is -2.23. The number of benzene rings is 2. The standard InChI is InChI=1S/C17H26Si.C15H26Si/c1-5-7-8-9-15-18(3,4)17-13-11-16(10-6-2)12-14-17;1-5-6-7-8-13-16(3,4)15-11-9-14(2)10-12-15/h11-14H,5,7-9,15H2,1-4H3;9-12H,5-8,13H2,1-4H3. The molecule has 0 bridgehead atoms. The molecule has 0 aliphatic carbocycles. The van der Waals surface area contributed by atoms with Crippen molar-refractivity contribution in [1.82, 2.24) is 0 Å². The Morgan fingerprint density at radius 2 is 1.00 bits per heavy atom. The minimum atomic E-state index is -1.22. The molecule has 0 aliphatic rings. The van der Waals surface area contributed by atoms with Crippen LogP contribution in [-0.4, -0.2) is 16.1 Å². The van der Waals surface area contributed by atoms with E-state index in [0.29, 0.717) is 0 Å². The first-order chi connectivity index (χ1) is 16.2. The molecular weight excluding hydrogens is 441 g/mol. The van der Waals surface area contributed by atoms with E-state index in [2.05, 4.69) is 107 Å². The van der Waals surface area contributed by atoms with Crippen molar-refractivity contribution in [1.29, 1.82) is 0 Å². The van der Waals surface area contributed by atoms with Crippen LogP contribution >= 0.6 is 0 Å². The Kier molecular flexibility index (Phi) is 14.5. The van der Waals surface area contributed by atoms with Crippen molar-refractivity contribution in [3.63, 3.8) is 0 Å². The Bertz CT molecular complexity index is 849. The third-order valence-corrected chi connectivity index (χ3v) is 14.1. The second kappa shape index (κ2) is 16.2. The maximum atomic E-state index is 3.11. The third kappa shape index (κ3) is 11.7. The maximum absolute atomic E-state index is 3.11. The Balaban J connectivity index is 0.000000342. The molecule has 0 atom stereocenters. The number of rotatable bonds is 12. The van der Waals surface area contributed by atoms with Crippen molar-refractivity contribution in [2.24, 2.45) is 0 Å². The van der Waals surface area contributed by atoms with Crippen LogP contribution in [0, 0.1) is 18.8 Å². The van der Waals surface area contributed by atoms with Crippen LogP contribution in [-0.2, 0) is 0 Å². The van der Waals surface area contributed by atoms with E-state index < -0.39 is 16.1 Å². The molecule has 0 aromatic heterocycles. The fourth-order valence-corrected chi connectivity index (χ4v) is 9.41. The zero-order chi connectivity index (χ0) is 25.5. The van der Waals surface area contributed by atoms with Gasteiger partial charge in [-0.1, -0.05) is 162 Å². The van der Waals surface area contributed by atoms with Gasteiger partial charge in [0.15, 0.2) is 0 Å². The van der Waals surface area contributed by atoms with Crippen molar-refractivity contribution >= 4 is 26.5 Å². The Morgan fingerprint density at radius 3 is 1.38 bits per heavy atom. The molecule has 0 aliphatic heterocycles. The quantitative estimate of drug-likeness (QED) is 0.157. The van der Waals surface area contributed by atoms with Crippen LogP contribution in [0.4, 0.5) is 0 Å². The number of hydrogen-bond donors (Lipinski definition) is 0. The lowest BCUT2D eigenvalue weighted by atomic mass is 10.2. The monoisotopic (exact) mass is 492 g/mol. The normalized spacial score (nSPS) is 11.3. The van der Waals surface area contributed by atoms with Gasteiger partial charge in [-0.3, -0.25) is 0 Å². The Labute approximate surface area is 215 Å². The lowest BCUT2D eigenvalue weighted by molar-refractivity contribution is 0.697. The van der Waals surface area contributed by atoms with Crippen molar-refractivity contribution in [2.45, 2.75) is 117 Å². The number of aryl methyl sites for hydroxylation is 1. The summed E-state index contributed by atoms with van der Waals surface area (Å²) in [6.45, 7) is 18.6. The summed E-state index contributed by atoms with van der Waals surface area (Å²) < 4.78 is 0. The number of hydrogen-bond acceptors (Lipinski definition) is 0. The fourth-order valence-electron chi connectivity index (χ4n) is 4.43. The highest BCUT2D eigenvalue weighted by Crippen LogP contribution is 2.17. The predicted octanol–water partition coefficient (Wildman–Crippen LogP) is 9.04. The van der Waals surface area contributed by atoms with Crippen LogP contribution in [0.25, 0.3) is 0 Å². The second-order valence-corrected chi connectivity index (χ2v) is 20.9. The van der Waals surface area contributed by atoms with Gasteiger partial charge in [0, 0.05) is 5.56 Å². The molecule has 0 amide bonds. The summed E-state index contributed by atoms with van der Waals surface area (Å²) in [4.78, 5) is 0. The van der Waals surface area contributed by atoms with Gasteiger partial charge >= 0.3 is 0 Å². The zero-order valence-electron chi connectivity index (χ0n) is 23.7. The predicted molar refractivity (Wildman–Crippen MR) is 162 cm³/mol. The summed E-state index contributed by atoms with van der Waals surface area (Å²) in [7, 11) is -2.38. The van der Waals surface area contributed by atoms with Gasteiger partial charge in [-0.2, -0.15) is 0 Å². The van der Waals surface area contributed by atoms with E-state index in [-0.39, 0.29) is 0 Å². The molecule has 0 nitrogen and oxygen atoms in total. The van der Waals surface area contributed by atoms with Crippen LogP contribution in [0.15, 0.2) is 48.5 Å². The van der Waals surface area contributed by atoms with Gasteiger partial charge in [0.25, 0.3) is 0 Å². The smallest absolute Gasteiger partial charge is 0.0806 e. The summed E-state index contributed by atoms with van der Waals surface area (Å²) in [5.74, 6) is 6.06. The molecular formula is C32H52Si2. The summed E-state index contributed by atoms with van der Waals surface area (Å²) in [5.41, 5.74) is 2.51. The van der Waals surface area contributed by atoms with Gasteiger partial charge in [0.05, 0.1) is 16.1 Å². The summed E-state index contributed by atoms with van der Waals surface area (Å²) >= 11 is 0. The van der Waals surface area contributed by atoms with E-state index in [9.17, 15) is 0 Å². The van der Waals surface area contributed by atoms with Gasteiger partial charge in [-0.15, -0.1) is 5.92 Å². The third-order valence-electron chi connectivity index (χ3n) is 7.08. The van der Waals surface area contributed by atoms with Crippen LogP contribution in [0.1, 0.15) is 83.3 Å². The zero-order valence-corrected chi connectivity index (χ0v) is 25.7. The molecule has 0 heterocycles. The second-order valence-electron chi connectivity index (χ2n) is 11.2. The van der Waals surface area contributed by atoms with E-state index in [1.165, 1.54) is 69.0 Å². The topological polar surface area (TPSA) is 0 Å². The molecule has 2 rings (SSSR count). The van der Waals surface area contributed by atoms with Crippen molar-refractivity contribution in [3.8, 4) is 11.8 Å². The van der Waals surface area contributed by atoms with Crippen molar-refractivity contribution < 1.29 is 0 Å². The first-order valence-corrected chi connectivity index (χ1v) is 20.2. The minimum absolute atomic E-state index is 1.14. The van der Waals surface area contributed by atoms with Gasteiger partial charge in [-0.05, 0) is 26.0 Å². The van der Waals surface area contributed by atoms with Crippen LogP contribution in [0.2, 0.25) is 38.3 Å². The summed E-state index contributed by atoms with van der Waals surface area (Å²) in [5, 5.41) is 3.19. The molecule has 34 heavy (non-hydrogen) atoms. The molecule has 188 valence electrons. The molecule has 2 aromatic rings. The Morgan fingerprint density at radius 1 is 0.588 bits per heavy atom. The van der Waals surface area contributed by atoms with E-state index in [1.807, 2.05) is 6.92 Å². The molecule has 2 heteroatoms. The highest BCUT2D eigenvalue weighted by molar-refractivity contribution is 6.90. The lowest BCUT2D eigenvalue weighted by Crippen LogP contribution is -2.40. The van der Waals surface area contributed by atoms with E-state index in [4.69, 9.17) is 0 Å². The largest absolute Gasteiger partial charge is 0.101 e. The van der Waals surface area contributed by atoms with Crippen LogP contribution in [0.5, 0.6) is 0 Å². The molecule has 0 fully saturated rings. The maximum Gasteiger partial charge on any atom is 0.0806 e. The summed E-state index contributed by atoms with van der Waals surface area (Å²) in [6, 6.07) is 21.0. The average Bonchev–Trinajstić information content (AvgIpc) is 2.81. The van der Waals surface area contributed by atoms with E-state index >= 15 is 0 Å². The molecule has 0 unspecified atom stereocenters. The van der Waals surface area contributed by atoms with Gasteiger partial charge in [-0.25, -0.2) is 0 Å². The van der Waals surface area contributed by atoms with Crippen LogP contribution < -0.4 is 10.4 Å². The summed E-state index contributed by atoms with van der Waals surface area (Å²) in [6.07, 6.45) is 11.1. The molecule has 0 N–H and O–H groups in total. The minimum Gasteiger partial charge on any atom is -0.101 e. The van der Waals surface area contributed by atoms with Gasteiger partial charge < -0.3 is 0 Å². The Hall–Kier alpha value is -1.57. The van der Waals surface area contributed by atoms with Crippen molar-refractivity contribution in [3.05, 3.63) is 59.7 Å².